The number of hydrogen-bond acceptors (Lipinski definition) is 4. The zero-order chi connectivity index (χ0) is 12.7. The van der Waals surface area contributed by atoms with Gasteiger partial charge in [-0.25, -0.2) is 4.79 Å². The molecule has 4 heteroatoms. The summed E-state index contributed by atoms with van der Waals surface area (Å²) in [7, 11) is 1.80. The number of nitrogens with one attached hydrogen (secondary N) is 1. The van der Waals surface area contributed by atoms with E-state index in [1.165, 1.54) is 6.07 Å². The molecule has 3 rings (SSSR count). The largest absolute Gasteiger partial charge is 0.508 e. The van der Waals surface area contributed by atoms with Gasteiger partial charge in [0.15, 0.2) is 0 Å². The molecule has 0 aliphatic carbocycles. The average Bonchev–Trinajstić information content (AvgIpc) is 2.38. The molecule has 0 aliphatic rings. The molecule has 0 aliphatic heterocycles. The van der Waals surface area contributed by atoms with Crippen LogP contribution in [0.15, 0.2) is 45.6 Å². The Morgan fingerprint density at radius 2 is 1.83 bits per heavy atom. The number of phenols is 1. The zero-order valence-electron chi connectivity index (χ0n) is 9.73. The molecule has 0 spiro atoms. The van der Waals surface area contributed by atoms with Gasteiger partial charge in [-0.15, -0.1) is 0 Å². The maximum absolute atomic E-state index is 11.8. The van der Waals surface area contributed by atoms with E-state index in [1.54, 1.807) is 25.2 Å². The van der Waals surface area contributed by atoms with Gasteiger partial charge < -0.3 is 14.8 Å². The lowest BCUT2D eigenvalue weighted by Crippen LogP contribution is -2.00. The van der Waals surface area contributed by atoms with Crippen molar-refractivity contribution in [2.24, 2.45) is 0 Å². The fraction of sp³-hybridized carbons (Fsp3) is 0.0714. The van der Waals surface area contributed by atoms with E-state index in [4.69, 9.17) is 4.42 Å². The van der Waals surface area contributed by atoms with Gasteiger partial charge in [-0.2, -0.15) is 0 Å². The van der Waals surface area contributed by atoms with Crippen LogP contribution in [-0.2, 0) is 0 Å². The quantitative estimate of drug-likeness (QED) is 0.508. The van der Waals surface area contributed by atoms with Crippen LogP contribution in [-0.4, -0.2) is 12.2 Å². The standard InChI is InChI=1S/C14H11NO3/c1-15-8-2-4-11-10-5-3-9(16)7-12(10)14(17)18-13(11)6-8/h2-7,15-16H,1H3. The molecule has 0 saturated carbocycles. The van der Waals surface area contributed by atoms with Crippen LogP contribution in [0.3, 0.4) is 0 Å². The van der Waals surface area contributed by atoms with Crippen LogP contribution < -0.4 is 10.9 Å². The van der Waals surface area contributed by atoms with Crippen LogP contribution in [0.1, 0.15) is 0 Å². The number of hydrogen-bond donors (Lipinski definition) is 2. The molecule has 0 bridgehead atoms. The lowest BCUT2D eigenvalue weighted by Gasteiger charge is -2.05. The zero-order valence-corrected chi connectivity index (χ0v) is 9.73. The average molecular weight is 241 g/mol. The maximum Gasteiger partial charge on any atom is 0.344 e. The van der Waals surface area contributed by atoms with Gasteiger partial charge in [0.25, 0.3) is 0 Å². The topological polar surface area (TPSA) is 62.5 Å². The Kier molecular flexibility index (Phi) is 2.23. The fourth-order valence-electron chi connectivity index (χ4n) is 2.08. The van der Waals surface area contributed by atoms with E-state index in [0.29, 0.717) is 11.0 Å². The molecule has 2 aromatic carbocycles. The molecule has 0 amide bonds. The third-order valence-electron chi connectivity index (χ3n) is 2.99. The van der Waals surface area contributed by atoms with Gasteiger partial charge in [0.1, 0.15) is 11.3 Å². The van der Waals surface area contributed by atoms with Gasteiger partial charge in [-0.1, -0.05) is 0 Å². The minimum atomic E-state index is -0.443. The summed E-state index contributed by atoms with van der Waals surface area (Å²) >= 11 is 0. The predicted octanol–water partition coefficient (Wildman–Crippen LogP) is 2.69. The Hall–Kier alpha value is -2.49. The van der Waals surface area contributed by atoms with E-state index < -0.39 is 5.63 Å². The normalized spacial score (nSPS) is 10.9. The SMILES string of the molecule is CNc1ccc2c(c1)oc(=O)c1cc(O)ccc12. The smallest absolute Gasteiger partial charge is 0.344 e. The molecule has 0 fully saturated rings. The van der Waals surface area contributed by atoms with E-state index in [9.17, 15) is 9.90 Å². The van der Waals surface area contributed by atoms with Crippen LogP contribution >= 0.6 is 0 Å². The number of benzene rings is 2. The molecule has 3 aromatic rings. The molecule has 18 heavy (non-hydrogen) atoms. The van der Waals surface area contributed by atoms with Gasteiger partial charge in [0.05, 0.1) is 5.39 Å². The Bertz CT molecular complexity index is 805. The van der Waals surface area contributed by atoms with Crippen molar-refractivity contribution in [3.8, 4) is 5.75 Å². The summed E-state index contributed by atoms with van der Waals surface area (Å²) in [6.07, 6.45) is 0. The minimum absolute atomic E-state index is 0.0565. The van der Waals surface area contributed by atoms with Crippen molar-refractivity contribution in [3.05, 3.63) is 46.8 Å². The molecule has 1 aromatic heterocycles. The van der Waals surface area contributed by atoms with Crippen molar-refractivity contribution < 1.29 is 9.52 Å². The van der Waals surface area contributed by atoms with Crippen molar-refractivity contribution in [1.82, 2.24) is 0 Å². The second-order valence-electron chi connectivity index (χ2n) is 4.08. The Labute approximate surface area is 102 Å². The highest BCUT2D eigenvalue weighted by Crippen LogP contribution is 2.27. The summed E-state index contributed by atoms with van der Waals surface area (Å²) in [6.45, 7) is 0. The molecule has 4 nitrogen and oxygen atoms in total. The lowest BCUT2D eigenvalue weighted by molar-refractivity contribution is 0.475. The molecule has 0 unspecified atom stereocenters. The van der Waals surface area contributed by atoms with Crippen molar-refractivity contribution in [2.75, 3.05) is 12.4 Å². The van der Waals surface area contributed by atoms with E-state index in [0.717, 1.165) is 16.5 Å². The third kappa shape index (κ3) is 1.50. The lowest BCUT2D eigenvalue weighted by atomic mass is 10.1. The van der Waals surface area contributed by atoms with Crippen molar-refractivity contribution >= 4 is 27.4 Å². The Morgan fingerprint density at radius 3 is 2.61 bits per heavy atom. The maximum atomic E-state index is 11.8. The second-order valence-corrected chi connectivity index (χ2v) is 4.08. The first-order chi connectivity index (χ1) is 8.69. The summed E-state index contributed by atoms with van der Waals surface area (Å²) in [5, 5.41) is 14.4. The monoisotopic (exact) mass is 241 g/mol. The van der Waals surface area contributed by atoms with Crippen LogP contribution in [0.5, 0.6) is 5.75 Å². The van der Waals surface area contributed by atoms with Crippen LogP contribution in [0.4, 0.5) is 5.69 Å². The van der Waals surface area contributed by atoms with E-state index in [-0.39, 0.29) is 5.75 Å². The first-order valence-electron chi connectivity index (χ1n) is 5.56. The fourth-order valence-corrected chi connectivity index (χ4v) is 2.08. The summed E-state index contributed by atoms with van der Waals surface area (Å²) in [4.78, 5) is 11.8. The summed E-state index contributed by atoms with van der Waals surface area (Å²) in [5.41, 5.74) is 0.968. The first kappa shape index (κ1) is 10.7. The van der Waals surface area contributed by atoms with Crippen LogP contribution in [0.25, 0.3) is 21.7 Å². The second kappa shape index (κ2) is 3.77. The molecule has 2 N–H and O–H groups in total. The van der Waals surface area contributed by atoms with Crippen LogP contribution in [0.2, 0.25) is 0 Å². The third-order valence-corrected chi connectivity index (χ3v) is 2.99. The first-order valence-corrected chi connectivity index (χ1v) is 5.56. The van der Waals surface area contributed by atoms with Crippen molar-refractivity contribution in [2.45, 2.75) is 0 Å². The van der Waals surface area contributed by atoms with Crippen LogP contribution in [0, 0.1) is 0 Å². The van der Waals surface area contributed by atoms with Gasteiger partial charge in [-0.3, -0.25) is 0 Å². The highest BCUT2D eigenvalue weighted by molar-refractivity contribution is 6.05. The molecular formula is C14H11NO3. The molecular weight excluding hydrogens is 230 g/mol. The molecule has 0 radical (unpaired) electrons. The number of anilines is 1. The molecule has 0 saturated heterocycles. The van der Waals surface area contributed by atoms with Crippen molar-refractivity contribution in [1.29, 1.82) is 0 Å². The van der Waals surface area contributed by atoms with Gasteiger partial charge in [0, 0.05) is 29.6 Å². The predicted molar refractivity (Wildman–Crippen MR) is 71.2 cm³/mol. The molecule has 0 atom stereocenters. The summed E-state index contributed by atoms with van der Waals surface area (Å²) < 4.78 is 5.27. The minimum Gasteiger partial charge on any atom is -0.508 e. The Morgan fingerprint density at radius 1 is 1.06 bits per heavy atom. The van der Waals surface area contributed by atoms with Gasteiger partial charge >= 0.3 is 5.63 Å². The van der Waals surface area contributed by atoms with E-state index in [1.807, 2.05) is 12.1 Å². The van der Waals surface area contributed by atoms with E-state index in [2.05, 4.69) is 5.32 Å². The summed E-state index contributed by atoms with van der Waals surface area (Å²) in [5.74, 6) is 0.0565. The van der Waals surface area contributed by atoms with Gasteiger partial charge in [0.2, 0.25) is 0 Å². The Balaban J connectivity index is 2.50. The molecule has 90 valence electrons. The number of phenolic OH excluding ortho intramolecular Hbond substituents is 1. The highest BCUT2D eigenvalue weighted by atomic mass is 16.4. The number of fused-ring (bicyclic) bond motifs is 3. The van der Waals surface area contributed by atoms with Gasteiger partial charge in [-0.05, 0) is 30.3 Å². The number of rotatable bonds is 1. The highest BCUT2D eigenvalue weighted by Gasteiger charge is 2.08. The summed E-state index contributed by atoms with van der Waals surface area (Å²) in [6, 6.07) is 10.3. The van der Waals surface area contributed by atoms with E-state index >= 15 is 0 Å². The van der Waals surface area contributed by atoms with Crippen molar-refractivity contribution in [3.63, 3.8) is 0 Å². The number of aromatic hydroxyl groups is 1. The molecule has 1 heterocycles.